The minimum absolute atomic E-state index is 0.285. The normalized spacial score (nSPS) is 12.8. The lowest BCUT2D eigenvalue weighted by Crippen LogP contribution is -2.25. The van der Waals surface area contributed by atoms with Crippen molar-refractivity contribution in [3.05, 3.63) is 214 Å². The number of aryl methyl sites for hydroxylation is 4. The second-order valence-corrected chi connectivity index (χ2v) is 19.0. The first-order chi connectivity index (χ1) is 28.9. The van der Waals surface area contributed by atoms with Gasteiger partial charge in [0.25, 0.3) is 20.0 Å². The molecule has 296 valence electrons. The highest BCUT2D eigenvalue weighted by molar-refractivity contribution is 7.90. The molecule has 0 unspecified atom stereocenters. The fraction of sp³-hybridized carbons (Fsp3) is 0.0769. The van der Waals surface area contributed by atoms with Crippen molar-refractivity contribution >= 4 is 75.5 Å². The second kappa shape index (κ2) is 15.1. The molecule has 0 N–H and O–H groups in total. The number of aromatic nitrogens is 2. The summed E-state index contributed by atoms with van der Waals surface area (Å²) in [4.78, 5) is 0.570. The summed E-state index contributed by atoms with van der Waals surface area (Å²) in [6, 6.07) is 53.9. The Morgan fingerprint density at radius 1 is 0.367 bits per heavy atom. The number of hydrogen-bond donors (Lipinski definition) is 0. The molecule has 0 aliphatic heterocycles. The van der Waals surface area contributed by atoms with Gasteiger partial charge in [-0.15, -0.1) is 0 Å². The average molecular weight is 823 g/mol. The smallest absolute Gasteiger partial charge is 0.233 e. The molecule has 0 fully saturated rings. The lowest BCUT2D eigenvalue weighted by Gasteiger charge is -2.09. The third-order valence-electron chi connectivity index (χ3n) is 11.1. The zero-order chi connectivity index (χ0) is 41.8. The summed E-state index contributed by atoms with van der Waals surface area (Å²) in [6.45, 7) is 7.98. The molecule has 60 heavy (non-hydrogen) atoms. The van der Waals surface area contributed by atoms with Crippen LogP contribution >= 0.6 is 0 Å². The molecule has 10 rings (SSSR count). The summed E-state index contributed by atoms with van der Waals surface area (Å²) >= 11 is 0. The van der Waals surface area contributed by atoms with Crippen LogP contribution in [0.3, 0.4) is 0 Å². The highest BCUT2D eigenvalue weighted by Crippen LogP contribution is 2.30. The first-order valence-corrected chi connectivity index (χ1v) is 22.6. The minimum atomic E-state index is -3.78. The van der Waals surface area contributed by atoms with E-state index in [0.717, 1.165) is 65.7 Å². The summed E-state index contributed by atoms with van der Waals surface area (Å²) in [5.74, 6) is 0. The van der Waals surface area contributed by atoms with Crippen LogP contribution in [-0.4, -0.2) is 24.8 Å². The van der Waals surface area contributed by atoms with E-state index < -0.39 is 20.0 Å². The van der Waals surface area contributed by atoms with Crippen LogP contribution in [0, 0.1) is 27.7 Å². The molecule has 0 spiro atoms. The van der Waals surface area contributed by atoms with Crippen molar-refractivity contribution in [2.45, 2.75) is 37.5 Å². The monoisotopic (exact) mass is 822 g/mol. The van der Waals surface area contributed by atoms with Crippen LogP contribution in [0.5, 0.6) is 0 Å². The van der Waals surface area contributed by atoms with Crippen LogP contribution in [0.25, 0.3) is 55.5 Å². The van der Waals surface area contributed by atoms with Crippen molar-refractivity contribution < 1.29 is 16.8 Å². The predicted molar refractivity (Wildman–Crippen MR) is 246 cm³/mol. The quantitative estimate of drug-likeness (QED) is 0.167. The lowest BCUT2D eigenvalue weighted by atomic mass is 10.1. The van der Waals surface area contributed by atoms with Crippen molar-refractivity contribution in [3.63, 3.8) is 0 Å². The van der Waals surface area contributed by atoms with Crippen LogP contribution in [0.15, 0.2) is 180 Å². The van der Waals surface area contributed by atoms with Crippen molar-refractivity contribution in [2.75, 3.05) is 0 Å². The van der Waals surface area contributed by atoms with E-state index in [1.54, 1.807) is 24.3 Å². The SMILES string of the molecule is Cc1ccc(/C=c2/c3cccc4cccc(c43)n2S(=O)(=O)c2ccc(C)cc2)cc1.Cc1ccc(/C=c2/c3cccc4cccc(c43)n2S(=O)(=O)c2ccc(C)cc2)cc1. The number of benzene rings is 8. The van der Waals surface area contributed by atoms with E-state index in [2.05, 4.69) is 0 Å². The molecular formula is C52H42N2O4S2. The molecule has 0 saturated carbocycles. The second-order valence-electron chi connectivity index (χ2n) is 15.4. The number of nitrogens with zero attached hydrogens (tertiary/aromatic N) is 2. The predicted octanol–water partition coefficient (Wildman–Crippen LogP) is 10.4. The van der Waals surface area contributed by atoms with Gasteiger partial charge in [0.15, 0.2) is 0 Å². The molecule has 2 aromatic heterocycles. The Morgan fingerprint density at radius 3 is 1.00 bits per heavy atom. The minimum Gasteiger partial charge on any atom is -0.233 e. The highest BCUT2D eigenvalue weighted by Gasteiger charge is 2.25. The summed E-state index contributed by atoms with van der Waals surface area (Å²) in [6.07, 6.45) is 3.92. The Bertz CT molecular complexity index is 3310. The highest BCUT2D eigenvalue weighted by atomic mass is 32.2. The molecule has 0 aliphatic rings. The topological polar surface area (TPSA) is 78.1 Å². The number of rotatable bonds is 6. The van der Waals surface area contributed by atoms with Crippen molar-refractivity contribution in [3.8, 4) is 0 Å². The maximum Gasteiger partial charge on any atom is 0.268 e. The molecule has 0 saturated heterocycles. The average Bonchev–Trinajstić information content (AvgIpc) is 3.75. The van der Waals surface area contributed by atoms with E-state index >= 15 is 0 Å². The third-order valence-corrected chi connectivity index (χ3v) is 14.6. The fourth-order valence-electron chi connectivity index (χ4n) is 7.95. The van der Waals surface area contributed by atoms with Crippen molar-refractivity contribution in [2.24, 2.45) is 0 Å². The van der Waals surface area contributed by atoms with E-state index in [0.29, 0.717) is 21.7 Å². The molecule has 0 aliphatic carbocycles. The van der Waals surface area contributed by atoms with E-state index in [1.807, 2.05) is 185 Å². The van der Waals surface area contributed by atoms with Gasteiger partial charge in [-0.1, -0.05) is 156 Å². The summed E-state index contributed by atoms with van der Waals surface area (Å²) in [5.41, 5.74) is 7.70. The molecule has 2 heterocycles. The standard InChI is InChI=1S/2C26H21NO2S/c2*1-18-9-13-20(14-10-18)17-25-23-7-3-5-21-6-4-8-24(26(21)23)27(25)30(28,29)22-15-11-19(2)12-16-22/h2*3-17H,1-2H3/b2*25-17-. The zero-order valence-corrected chi connectivity index (χ0v) is 35.3. The summed E-state index contributed by atoms with van der Waals surface area (Å²) in [7, 11) is -7.56. The molecule has 0 atom stereocenters. The first kappa shape index (κ1) is 38.8. The molecule has 8 aromatic carbocycles. The van der Waals surface area contributed by atoms with E-state index in [-0.39, 0.29) is 9.79 Å². The Hall–Kier alpha value is -6.74. The first-order valence-electron chi connectivity index (χ1n) is 19.8. The van der Waals surface area contributed by atoms with Gasteiger partial charge in [0.1, 0.15) is 0 Å². The van der Waals surface area contributed by atoms with Gasteiger partial charge < -0.3 is 0 Å². The van der Waals surface area contributed by atoms with Crippen LogP contribution in [0.2, 0.25) is 0 Å². The Morgan fingerprint density at radius 2 is 0.667 bits per heavy atom. The van der Waals surface area contributed by atoms with E-state index in [9.17, 15) is 16.8 Å². The van der Waals surface area contributed by atoms with Gasteiger partial charge >= 0.3 is 0 Å². The molecule has 0 radical (unpaired) electrons. The summed E-state index contributed by atoms with van der Waals surface area (Å²) in [5, 5.41) is 7.20. The van der Waals surface area contributed by atoms with E-state index in [4.69, 9.17) is 0 Å². The largest absolute Gasteiger partial charge is 0.268 e. The van der Waals surface area contributed by atoms with Gasteiger partial charge in [0.2, 0.25) is 0 Å². The molecule has 8 heteroatoms. The van der Waals surface area contributed by atoms with Gasteiger partial charge in [0, 0.05) is 21.5 Å². The maximum absolute atomic E-state index is 13.8. The Kier molecular flexibility index (Phi) is 9.78. The lowest BCUT2D eigenvalue weighted by molar-refractivity contribution is 0.586. The molecule has 0 amide bonds. The van der Waals surface area contributed by atoms with Crippen molar-refractivity contribution in [1.29, 1.82) is 0 Å². The molecule has 6 nitrogen and oxygen atoms in total. The Labute approximate surface area is 350 Å². The molecular weight excluding hydrogens is 781 g/mol. The van der Waals surface area contributed by atoms with Crippen LogP contribution < -0.4 is 10.7 Å². The zero-order valence-electron chi connectivity index (χ0n) is 33.7. The molecule has 10 aromatic rings. The van der Waals surface area contributed by atoms with Gasteiger partial charge in [-0.25, -0.2) is 24.8 Å². The van der Waals surface area contributed by atoms with Crippen LogP contribution in [0.1, 0.15) is 33.4 Å². The number of hydrogen-bond acceptors (Lipinski definition) is 4. The van der Waals surface area contributed by atoms with Crippen LogP contribution in [0.4, 0.5) is 0 Å². The fourth-order valence-corrected chi connectivity index (χ4v) is 11.0. The van der Waals surface area contributed by atoms with Gasteiger partial charge in [-0.05, 0) is 98.1 Å². The van der Waals surface area contributed by atoms with E-state index in [1.165, 1.54) is 7.94 Å². The van der Waals surface area contributed by atoms with Crippen molar-refractivity contribution in [1.82, 2.24) is 7.94 Å². The maximum atomic E-state index is 13.8. The van der Waals surface area contributed by atoms with Gasteiger partial charge in [-0.2, -0.15) is 0 Å². The van der Waals surface area contributed by atoms with Gasteiger partial charge in [0.05, 0.1) is 31.5 Å². The third kappa shape index (κ3) is 6.87. The Balaban J connectivity index is 0.000000154. The van der Waals surface area contributed by atoms with Gasteiger partial charge in [-0.3, -0.25) is 0 Å². The summed E-state index contributed by atoms with van der Waals surface area (Å²) < 4.78 is 58.2. The van der Waals surface area contributed by atoms with Crippen LogP contribution in [-0.2, 0) is 20.0 Å². The molecule has 0 bridgehead atoms.